The van der Waals surface area contributed by atoms with Gasteiger partial charge in [-0.2, -0.15) is 0 Å². The highest BCUT2D eigenvalue weighted by molar-refractivity contribution is 14.1. The van der Waals surface area contributed by atoms with Crippen LogP contribution in [0.15, 0.2) is 10.2 Å². The number of hydrogen-bond acceptors (Lipinski definition) is 8. The van der Waals surface area contributed by atoms with Crippen molar-refractivity contribution in [2.45, 2.75) is 101 Å². The van der Waals surface area contributed by atoms with E-state index in [9.17, 15) is 19.8 Å². The first-order chi connectivity index (χ1) is 14.7. The molecule has 3 aliphatic rings. The molecule has 3 aliphatic heterocycles. The summed E-state index contributed by atoms with van der Waals surface area (Å²) in [5.41, 5.74) is 0. The van der Waals surface area contributed by atoms with E-state index in [2.05, 4.69) is 36.1 Å². The van der Waals surface area contributed by atoms with Gasteiger partial charge in [-0.3, -0.25) is 9.59 Å². The first-order valence-electron chi connectivity index (χ1n) is 10.9. The predicted octanol–water partition coefficient (Wildman–Crippen LogP) is 2.07. The fourth-order valence-electron chi connectivity index (χ4n) is 4.73. The van der Waals surface area contributed by atoms with Gasteiger partial charge in [0.1, 0.15) is 36.3 Å². The van der Waals surface area contributed by atoms with Crippen LogP contribution in [0.4, 0.5) is 0 Å². The molecule has 0 aromatic heterocycles. The fourth-order valence-corrected chi connectivity index (χ4v) is 5.48. The zero-order valence-corrected chi connectivity index (χ0v) is 20.2. The van der Waals surface area contributed by atoms with Gasteiger partial charge in [-0.15, -0.1) is 0 Å². The van der Waals surface area contributed by atoms with Crippen LogP contribution < -0.4 is 0 Å². The summed E-state index contributed by atoms with van der Waals surface area (Å²) < 4.78 is 23.6. The Morgan fingerprint density at radius 2 is 1.81 bits per heavy atom. The van der Waals surface area contributed by atoms with Crippen molar-refractivity contribution in [1.29, 1.82) is 0 Å². The SMILES string of the molecule is C=C(I)C[C@H](C)CCC(=O)CC1OC2C(O[C@H]3CC[C@H](CC(=O)OC)O[C@@H]3[C@@H]2O)[C@H]1O. The number of allylic oxidation sites excluding steroid dienone is 1. The number of methoxy groups -OCH3 is 1. The summed E-state index contributed by atoms with van der Waals surface area (Å²) in [6, 6.07) is 0. The van der Waals surface area contributed by atoms with Crippen LogP contribution >= 0.6 is 22.6 Å². The average Bonchev–Trinajstić information content (AvgIpc) is 3.02. The molecule has 3 heterocycles. The van der Waals surface area contributed by atoms with E-state index in [0.29, 0.717) is 25.2 Å². The molecular formula is C22H33IO8. The highest BCUT2D eigenvalue weighted by Gasteiger charge is 2.57. The van der Waals surface area contributed by atoms with Crippen molar-refractivity contribution >= 4 is 34.3 Å². The molecule has 0 bridgehead atoms. The van der Waals surface area contributed by atoms with Crippen molar-refractivity contribution in [3.8, 4) is 0 Å². The van der Waals surface area contributed by atoms with E-state index in [4.69, 9.17) is 18.9 Å². The molecule has 0 aromatic carbocycles. The third-order valence-corrected chi connectivity index (χ3v) is 6.84. The second kappa shape index (κ2) is 11.0. The first-order valence-corrected chi connectivity index (χ1v) is 12.0. The summed E-state index contributed by atoms with van der Waals surface area (Å²) in [6.45, 7) is 5.98. The Morgan fingerprint density at radius 1 is 1.10 bits per heavy atom. The van der Waals surface area contributed by atoms with Crippen molar-refractivity contribution in [3.05, 3.63) is 10.2 Å². The van der Waals surface area contributed by atoms with Gasteiger partial charge in [-0.25, -0.2) is 0 Å². The van der Waals surface area contributed by atoms with E-state index in [0.717, 1.165) is 16.4 Å². The van der Waals surface area contributed by atoms with Crippen LogP contribution in [0.5, 0.6) is 0 Å². The lowest BCUT2D eigenvalue weighted by atomic mass is 9.87. The quantitative estimate of drug-likeness (QED) is 0.331. The zero-order valence-electron chi connectivity index (χ0n) is 18.1. The molecule has 9 atom stereocenters. The van der Waals surface area contributed by atoms with Crippen LogP contribution in [0.1, 0.15) is 51.9 Å². The molecule has 3 fully saturated rings. The molecule has 176 valence electrons. The molecule has 2 N–H and O–H groups in total. The third kappa shape index (κ3) is 6.26. The van der Waals surface area contributed by atoms with Gasteiger partial charge in [-0.05, 0) is 57.8 Å². The molecule has 0 saturated carbocycles. The number of aliphatic hydroxyl groups excluding tert-OH is 2. The number of carbonyl (C=O) groups excluding carboxylic acids is 2. The normalized spacial score (nSPS) is 38.1. The number of fused-ring (bicyclic) bond motifs is 2. The lowest BCUT2D eigenvalue weighted by Crippen LogP contribution is -2.61. The third-order valence-electron chi connectivity index (χ3n) is 6.40. The number of carbonyl (C=O) groups is 2. The molecule has 0 spiro atoms. The number of ketones is 1. The second-order valence-corrected chi connectivity index (χ2v) is 10.5. The van der Waals surface area contributed by atoms with Crippen molar-refractivity contribution in [2.75, 3.05) is 7.11 Å². The van der Waals surface area contributed by atoms with Crippen LogP contribution in [0.25, 0.3) is 0 Å². The van der Waals surface area contributed by atoms with Gasteiger partial charge in [-0.1, -0.05) is 13.5 Å². The van der Waals surface area contributed by atoms with Crippen molar-refractivity contribution in [3.63, 3.8) is 0 Å². The van der Waals surface area contributed by atoms with E-state index in [1.54, 1.807) is 0 Å². The van der Waals surface area contributed by atoms with Gasteiger partial charge in [0.25, 0.3) is 0 Å². The Balaban J connectivity index is 1.54. The van der Waals surface area contributed by atoms with E-state index < -0.39 is 36.6 Å². The van der Waals surface area contributed by atoms with Crippen molar-refractivity contribution in [2.24, 2.45) is 5.92 Å². The molecule has 3 rings (SSSR count). The number of ether oxygens (including phenoxy) is 4. The molecule has 0 radical (unpaired) electrons. The van der Waals surface area contributed by atoms with Gasteiger partial charge >= 0.3 is 5.97 Å². The minimum Gasteiger partial charge on any atom is -0.469 e. The Labute approximate surface area is 196 Å². The van der Waals surface area contributed by atoms with Crippen LogP contribution in [-0.4, -0.2) is 77.9 Å². The summed E-state index contributed by atoms with van der Waals surface area (Å²) in [5.74, 6) is 0.0272. The van der Waals surface area contributed by atoms with Crippen LogP contribution in [0.2, 0.25) is 0 Å². The lowest BCUT2D eigenvalue weighted by Gasteiger charge is -2.46. The average molecular weight is 552 g/mol. The van der Waals surface area contributed by atoms with E-state index in [-0.39, 0.29) is 36.8 Å². The van der Waals surface area contributed by atoms with Crippen LogP contribution in [0, 0.1) is 5.92 Å². The summed E-state index contributed by atoms with van der Waals surface area (Å²) in [6.07, 6.45) is -2.10. The summed E-state index contributed by atoms with van der Waals surface area (Å²) in [5, 5.41) is 21.6. The summed E-state index contributed by atoms with van der Waals surface area (Å²) in [4.78, 5) is 24.0. The fraction of sp³-hybridized carbons (Fsp3) is 0.818. The molecule has 3 unspecified atom stereocenters. The van der Waals surface area contributed by atoms with Crippen molar-refractivity contribution < 1.29 is 38.7 Å². The van der Waals surface area contributed by atoms with Crippen LogP contribution in [0.3, 0.4) is 0 Å². The van der Waals surface area contributed by atoms with Gasteiger partial charge in [0.2, 0.25) is 0 Å². The molecule has 3 saturated heterocycles. The monoisotopic (exact) mass is 552 g/mol. The molecule has 0 aliphatic carbocycles. The number of rotatable bonds is 9. The molecule has 8 nitrogen and oxygen atoms in total. The number of Topliss-reactive ketones (excluding diaryl/α,β-unsaturated/α-hetero) is 1. The molecule has 0 aromatic rings. The van der Waals surface area contributed by atoms with Crippen LogP contribution in [-0.2, 0) is 28.5 Å². The molecular weight excluding hydrogens is 519 g/mol. The van der Waals surface area contributed by atoms with E-state index in [1.165, 1.54) is 7.11 Å². The van der Waals surface area contributed by atoms with Gasteiger partial charge < -0.3 is 29.2 Å². The molecule has 9 heteroatoms. The maximum atomic E-state index is 12.5. The zero-order chi connectivity index (χ0) is 22.7. The smallest absolute Gasteiger partial charge is 0.308 e. The highest BCUT2D eigenvalue weighted by Crippen LogP contribution is 2.40. The standard InChI is InChI=1S/C22H33IO8/c1-11(8-12(2)23)4-5-13(24)9-16-18(26)21-22(31-16)19(27)20-15(30-21)7-6-14(29-20)10-17(25)28-3/h11,14-16,18-22,26-27H,2,4-10H2,1,3H3/t11-,14-,15+,16?,18+,19+,20+,21?,22?/m1/s1. The van der Waals surface area contributed by atoms with Gasteiger partial charge in [0, 0.05) is 12.8 Å². The highest BCUT2D eigenvalue weighted by atomic mass is 127. The minimum atomic E-state index is -1.01. The Hall–Kier alpha value is -0.590. The Kier molecular flexibility index (Phi) is 8.90. The van der Waals surface area contributed by atoms with Gasteiger partial charge in [0.05, 0.1) is 31.8 Å². The maximum Gasteiger partial charge on any atom is 0.308 e. The summed E-state index contributed by atoms with van der Waals surface area (Å²) in [7, 11) is 1.33. The Bertz CT molecular complexity index is 670. The summed E-state index contributed by atoms with van der Waals surface area (Å²) >= 11 is 2.20. The predicted molar refractivity (Wildman–Crippen MR) is 120 cm³/mol. The van der Waals surface area contributed by atoms with Gasteiger partial charge in [0.15, 0.2) is 0 Å². The number of halogens is 1. The van der Waals surface area contributed by atoms with Crippen molar-refractivity contribution in [1.82, 2.24) is 0 Å². The van der Waals surface area contributed by atoms with E-state index >= 15 is 0 Å². The number of aliphatic hydroxyl groups is 2. The number of esters is 1. The second-order valence-electron chi connectivity index (χ2n) is 8.95. The molecule has 0 amide bonds. The minimum absolute atomic E-state index is 0.0231. The maximum absolute atomic E-state index is 12.5. The first kappa shape index (κ1) is 25.0. The lowest BCUT2D eigenvalue weighted by molar-refractivity contribution is -0.259. The number of hydrogen-bond donors (Lipinski definition) is 2. The topological polar surface area (TPSA) is 112 Å². The Morgan fingerprint density at radius 3 is 2.48 bits per heavy atom. The molecule has 31 heavy (non-hydrogen) atoms. The largest absolute Gasteiger partial charge is 0.469 e. The van der Waals surface area contributed by atoms with E-state index in [1.807, 2.05) is 0 Å².